The number of carbonyl (C=O) groups is 1. The van der Waals surface area contributed by atoms with Gasteiger partial charge in [-0.2, -0.15) is 0 Å². The van der Waals surface area contributed by atoms with Crippen molar-refractivity contribution in [3.8, 4) is 11.4 Å². The minimum absolute atomic E-state index is 0.290. The normalized spacial score (nSPS) is 11.9. The van der Waals surface area contributed by atoms with E-state index in [1.807, 2.05) is 47.0 Å². The Labute approximate surface area is 150 Å². The second-order valence-electron chi connectivity index (χ2n) is 5.40. The van der Waals surface area contributed by atoms with Crippen molar-refractivity contribution in [1.29, 1.82) is 0 Å². The van der Waals surface area contributed by atoms with Crippen LogP contribution in [0.5, 0.6) is 0 Å². The fourth-order valence-corrected chi connectivity index (χ4v) is 3.24. The highest BCUT2D eigenvalue weighted by Gasteiger charge is 2.21. The van der Waals surface area contributed by atoms with Crippen LogP contribution in [0.1, 0.15) is 12.5 Å². The van der Waals surface area contributed by atoms with Crippen molar-refractivity contribution < 1.29 is 9.53 Å². The van der Waals surface area contributed by atoms with E-state index in [-0.39, 0.29) is 11.2 Å². The first-order valence-corrected chi connectivity index (χ1v) is 8.69. The number of esters is 1. The molecular formula is C18H18N4O2S. The lowest BCUT2D eigenvalue weighted by atomic mass is 10.2. The molecule has 0 aliphatic carbocycles. The molecule has 3 rings (SSSR count). The third-order valence-corrected chi connectivity index (χ3v) is 4.69. The predicted molar refractivity (Wildman–Crippen MR) is 96.1 cm³/mol. The van der Waals surface area contributed by atoms with E-state index in [4.69, 9.17) is 4.74 Å². The van der Waals surface area contributed by atoms with Gasteiger partial charge in [-0.1, -0.05) is 42.1 Å². The van der Waals surface area contributed by atoms with Crippen molar-refractivity contribution in [3.05, 3.63) is 60.4 Å². The van der Waals surface area contributed by atoms with Crippen LogP contribution in [0, 0.1) is 0 Å². The monoisotopic (exact) mass is 354 g/mol. The Morgan fingerprint density at radius 1 is 1.20 bits per heavy atom. The van der Waals surface area contributed by atoms with Crippen LogP contribution >= 0.6 is 11.8 Å². The number of ether oxygens (including phenoxy) is 1. The first kappa shape index (κ1) is 17.2. The first-order chi connectivity index (χ1) is 12.2. The van der Waals surface area contributed by atoms with E-state index < -0.39 is 0 Å². The Bertz CT molecular complexity index is 837. The Morgan fingerprint density at radius 3 is 2.68 bits per heavy atom. The average molecular weight is 354 g/mol. The summed E-state index contributed by atoms with van der Waals surface area (Å²) in [5.41, 5.74) is 2.00. The predicted octanol–water partition coefficient (Wildman–Crippen LogP) is 3.04. The molecule has 0 saturated carbocycles. The van der Waals surface area contributed by atoms with Gasteiger partial charge in [-0.15, -0.1) is 10.2 Å². The van der Waals surface area contributed by atoms with E-state index in [0.717, 1.165) is 17.0 Å². The van der Waals surface area contributed by atoms with E-state index in [1.54, 1.807) is 19.3 Å². The van der Waals surface area contributed by atoms with Crippen LogP contribution < -0.4 is 0 Å². The number of aromatic nitrogens is 4. The molecule has 1 aromatic carbocycles. The second-order valence-corrected chi connectivity index (χ2v) is 6.71. The van der Waals surface area contributed by atoms with E-state index in [2.05, 4.69) is 15.2 Å². The number of rotatable bonds is 6. The van der Waals surface area contributed by atoms with E-state index >= 15 is 0 Å². The molecule has 0 aliphatic rings. The van der Waals surface area contributed by atoms with Gasteiger partial charge < -0.3 is 4.74 Å². The molecular weight excluding hydrogens is 336 g/mol. The molecule has 2 heterocycles. The fourth-order valence-electron chi connectivity index (χ4n) is 2.37. The summed E-state index contributed by atoms with van der Waals surface area (Å²) < 4.78 is 6.80. The molecule has 1 unspecified atom stereocenters. The summed E-state index contributed by atoms with van der Waals surface area (Å²) in [6, 6.07) is 13.9. The third-order valence-electron chi connectivity index (χ3n) is 3.64. The number of thioether (sulfide) groups is 1. The van der Waals surface area contributed by atoms with Crippen molar-refractivity contribution in [1.82, 2.24) is 19.7 Å². The van der Waals surface area contributed by atoms with Crippen molar-refractivity contribution >= 4 is 17.7 Å². The number of pyridine rings is 1. The fraction of sp³-hybridized carbons (Fsp3) is 0.222. The molecule has 0 aliphatic heterocycles. The Morgan fingerprint density at radius 2 is 2.00 bits per heavy atom. The molecule has 0 radical (unpaired) electrons. The molecule has 2 aromatic heterocycles. The summed E-state index contributed by atoms with van der Waals surface area (Å²) in [7, 11) is 1.38. The largest absolute Gasteiger partial charge is 0.468 e. The molecule has 3 aromatic rings. The molecule has 0 bridgehead atoms. The zero-order chi connectivity index (χ0) is 17.6. The minimum atomic E-state index is -0.370. The molecule has 6 nitrogen and oxygen atoms in total. The lowest BCUT2D eigenvalue weighted by Crippen LogP contribution is -2.16. The number of methoxy groups -OCH3 is 1. The van der Waals surface area contributed by atoms with Gasteiger partial charge in [-0.25, -0.2) is 0 Å². The molecule has 7 heteroatoms. The number of nitrogens with zero attached hydrogens (tertiary/aromatic N) is 4. The number of benzene rings is 1. The van der Waals surface area contributed by atoms with Crippen LogP contribution in [-0.4, -0.2) is 38.1 Å². The maximum absolute atomic E-state index is 11.8. The molecule has 0 N–H and O–H groups in total. The summed E-state index contributed by atoms with van der Waals surface area (Å²) in [5, 5.41) is 8.90. The van der Waals surface area contributed by atoms with Gasteiger partial charge in [0.25, 0.3) is 0 Å². The number of hydrogen-bond donors (Lipinski definition) is 0. The van der Waals surface area contributed by atoms with Gasteiger partial charge in [-0.05, 0) is 24.6 Å². The molecule has 0 amide bonds. The second kappa shape index (κ2) is 7.94. The van der Waals surface area contributed by atoms with Crippen LogP contribution in [0.3, 0.4) is 0 Å². The first-order valence-electron chi connectivity index (χ1n) is 7.81. The van der Waals surface area contributed by atoms with E-state index in [0.29, 0.717) is 11.7 Å². The average Bonchev–Trinajstić information content (AvgIpc) is 3.04. The summed E-state index contributed by atoms with van der Waals surface area (Å²) in [6.07, 6.45) is 3.47. The highest BCUT2D eigenvalue weighted by molar-refractivity contribution is 8.00. The highest BCUT2D eigenvalue weighted by atomic mass is 32.2. The molecule has 0 spiro atoms. The molecule has 128 valence electrons. The van der Waals surface area contributed by atoms with Gasteiger partial charge in [0.1, 0.15) is 5.25 Å². The topological polar surface area (TPSA) is 69.9 Å². The van der Waals surface area contributed by atoms with Gasteiger partial charge in [-0.3, -0.25) is 14.3 Å². The van der Waals surface area contributed by atoms with Crippen LogP contribution in [-0.2, 0) is 16.1 Å². The van der Waals surface area contributed by atoms with Gasteiger partial charge in [0.15, 0.2) is 11.0 Å². The van der Waals surface area contributed by atoms with Crippen molar-refractivity contribution in [3.63, 3.8) is 0 Å². The van der Waals surface area contributed by atoms with E-state index in [9.17, 15) is 4.79 Å². The molecule has 25 heavy (non-hydrogen) atoms. The number of hydrogen-bond acceptors (Lipinski definition) is 6. The maximum Gasteiger partial charge on any atom is 0.318 e. The zero-order valence-electron chi connectivity index (χ0n) is 14.0. The van der Waals surface area contributed by atoms with Crippen molar-refractivity contribution in [2.45, 2.75) is 23.9 Å². The molecule has 0 saturated heterocycles. The van der Waals surface area contributed by atoms with Crippen molar-refractivity contribution in [2.75, 3.05) is 7.11 Å². The highest BCUT2D eigenvalue weighted by Crippen LogP contribution is 2.27. The quantitative estimate of drug-likeness (QED) is 0.500. The Hall–Kier alpha value is -2.67. The Balaban J connectivity index is 1.97. The molecule has 0 fully saturated rings. The van der Waals surface area contributed by atoms with Gasteiger partial charge in [0, 0.05) is 18.0 Å². The summed E-state index contributed by atoms with van der Waals surface area (Å²) in [6.45, 7) is 2.40. The van der Waals surface area contributed by atoms with Crippen molar-refractivity contribution in [2.24, 2.45) is 0 Å². The van der Waals surface area contributed by atoms with E-state index in [1.165, 1.54) is 18.9 Å². The maximum atomic E-state index is 11.8. The summed E-state index contributed by atoms with van der Waals surface area (Å²) in [5.74, 6) is 0.429. The lowest BCUT2D eigenvalue weighted by Gasteiger charge is -2.12. The van der Waals surface area contributed by atoms with Crippen LogP contribution in [0.4, 0.5) is 0 Å². The summed E-state index contributed by atoms with van der Waals surface area (Å²) in [4.78, 5) is 15.9. The Kier molecular flexibility index (Phi) is 5.45. The van der Waals surface area contributed by atoms with Gasteiger partial charge in [0.2, 0.25) is 0 Å². The third kappa shape index (κ3) is 4.06. The van der Waals surface area contributed by atoms with Crippen LogP contribution in [0.2, 0.25) is 0 Å². The zero-order valence-corrected chi connectivity index (χ0v) is 14.8. The lowest BCUT2D eigenvalue weighted by molar-refractivity contribution is -0.139. The van der Waals surface area contributed by atoms with Gasteiger partial charge >= 0.3 is 5.97 Å². The standard InChI is InChI=1S/C18H18N4O2S/c1-13(17(23)24-2)25-18-21-20-16(15-9-6-10-19-11-15)22(18)12-14-7-4-3-5-8-14/h3-11,13H,12H2,1-2H3. The minimum Gasteiger partial charge on any atom is -0.468 e. The SMILES string of the molecule is COC(=O)C(C)Sc1nnc(-c2cccnc2)n1Cc1ccccc1. The van der Waals surface area contributed by atoms with Crippen LogP contribution in [0.25, 0.3) is 11.4 Å². The van der Waals surface area contributed by atoms with Crippen LogP contribution in [0.15, 0.2) is 60.0 Å². The smallest absolute Gasteiger partial charge is 0.318 e. The number of carbonyl (C=O) groups excluding carboxylic acids is 1. The van der Waals surface area contributed by atoms with Gasteiger partial charge in [0.05, 0.1) is 13.7 Å². The summed E-state index contributed by atoms with van der Waals surface area (Å²) >= 11 is 1.33. The molecule has 1 atom stereocenters.